The van der Waals surface area contributed by atoms with Crippen LogP contribution in [0.2, 0.25) is 0 Å². The van der Waals surface area contributed by atoms with Gasteiger partial charge in [0.1, 0.15) is 0 Å². The Labute approximate surface area is 107 Å². The van der Waals surface area contributed by atoms with E-state index in [4.69, 9.17) is 5.11 Å². The van der Waals surface area contributed by atoms with Gasteiger partial charge in [0.25, 0.3) is 0 Å². The van der Waals surface area contributed by atoms with Gasteiger partial charge in [-0.1, -0.05) is 13.3 Å². The number of rotatable bonds is 6. The summed E-state index contributed by atoms with van der Waals surface area (Å²) in [5.41, 5.74) is -0.495. The molecule has 0 aromatic heterocycles. The zero-order valence-corrected chi connectivity index (χ0v) is 10.9. The fourth-order valence-electron chi connectivity index (χ4n) is 2.80. The Kier molecular flexibility index (Phi) is 3.78. The maximum absolute atomic E-state index is 11.8. The first kappa shape index (κ1) is 13.2. The van der Waals surface area contributed by atoms with Crippen LogP contribution >= 0.6 is 0 Å². The van der Waals surface area contributed by atoms with Gasteiger partial charge in [0.15, 0.2) is 0 Å². The SMILES string of the molecule is CCCC1CC1NC(=O)NC1(CC(=O)O)CCC1. The predicted molar refractivity (Wildman–Crippen MR) is 67.3 cm³/mol. The van der Waals surface area contributed by atoms with Gasteiger partial charge in [0, 0.05) is 6.04 Å². The van der Waals surface area contributed by atoms with E-state index in [9.17, 15) is 9.59 Å². The summed E-state index contributed by atoms with van der Waals surface area (Å²) in [5.74, 6) is -0.220. The molecule has 3 N–H and O–H groups in total. The highest BCUT2D eigenvalue weighted by Crippen LogP contribution is 2.36. The number of carbonyl (C=O) groups is 2. The first-order valence-electron chi connectivity index (χ1n) is 6.85. The quantitative estimate of drug-likeness (QED) is 0.677. The molecule has 2 rings (SSSR count). The van der Waals surface area contributed by atoms with Crippen LogP contribution in [-0.2, 0) is 4.79 Å². The first-order chi connectivity index (χ1) is 8.54. The first-order valence-corrected chi connectivity index (χ1v) is 6.85. The van der Waals surface area contributed by atoms with Crippen LogP contribution in [0, 0.1) is 5.92 Å². The van der Waals surface area contributed by atoms with E-state index < -0.39 is 11.5 Å². The fraction of sp³-hybridized carbons (Fsp3) is 0.846. The molecular weight excluding hydrogens is 232 g/mol. The van der Waals surface area contributed by atoms with Crippen molar-refractivity contribution < 1.29 is 14.7 Å². The number of aliphatic carboxylic acids is 1. The van der Waals surface area contributed by atoms with Gasteiger partial charge in [-0.2, -0.15) is 0 Å². The smallest absolute Gasteiger partial charge is 0.315 e. The van der Waals surface area contributed by atoms with Crippen LogP contribution in [0.15, 0.2) is 0 Å². The van der Waals surface area contributed by atoms with Crippen LogP contribution < -0.4 is 10.6 Å². The number of hydrogen-bond donors (Lipinski definition) is 3. The van der Waals surface area contributed by atoms with E-state index in [1.165, 1.54) is 0 Å². The van der Waals surface area contributed by atoms with Gasteiger partial charge in [-0.3, -0.25) is 4.79 Å². The molecule has 5 heteroatoms. The molecule has 0 aromatic rings. The highest BCUT2D eigenvalue weighted by Gasteiger charge is 2.42. The summed E-state index contributed by atoms with van der Waals surface area (Å²) in [7, 11) is 0. The Bertz CT molecular complexity index is 339. The van der Waals surface area contributed by atoms with E-state index in [1.807, 2.05) is 0 Å². The summed E-state index contributed by atoms with van der Waals surface area (Å²) in [4.78, 5) is 22.6. The van der Waals surface area contributed by atoms with Gasteiger partial charge in [-0.25, -0.2) is 4.79 Å². The van der Waals surface area contributed by atoms with Crippen molar-refractivity contribution in [2.24, 2.45) is 5.92 Å². The molecule has 2 atom stereocenters. The lowest BCUT2D eigenvalue weighted by atomic mass is 9.74. The lowest BCUT2D eigenvalue weighted by molar-refractivity contribution is -0.139. The zero-order chi connectivity index (χ0) is 13.2. The van der Waals surface area contributed by atoms with Gasteiger partial charge < -0.3 is 15.7 Å². The number of nitrogens with one attached hydrogen (secondary N) is 2. The van der Waals surface area contributed by atoms with E-state index in [-0.39, 0.29) is 12.5 Å². The predicted octanol–water partition coefficient (Wildman–Crippen LogP) is 1.87. The van der Waals surface area contributed by atoms with Gasteiger partial charge >= 0.3 is 12.0 Å². The summed E-state index contributed by atoms with van der Waals surface area (Å²) in [6.45, 7) is 2.14. The summed E-state index contributed by atoms with van der Waals surface area (Å²) >= 11 is 0. The summed E-state index contributed by atoms with van der Waals surface area (Å²) in [6.07, 6.45) is 5.94. The molecule has 2 unspecified atom stereocenters. The second-order valence-electron chi connectivity index (χ2n) is 5.69. The highest BCUT2D eigenvalue weighted by molar-refractivity contribution is 5.77. The normalized spacial score (nSPS) is 28.1. The van der Waals surface area contributed by atoms with Crippen LogP contribution in [0.3, 0.4) is 0 Å². The van der Waals surface area contributed by atoms with Crippen molar-refractivity contribution in [3.8, 4) is 0 Å². The van der Waals surface area contributed by atoms with E-state index >= 15 is 0 Å². The van der Waals surface area contributed by atoms with E-state index in [0.29, 0.717) is 12.0 Å². The minimum atomic E-state index is -0.842. The molecule has 0 saturated heterocycles. The van der Waals surface area contributed by atoms with Crippen molar-refractivity contribution in [3.05, 3.63) is 0 Å². The molecular formula is C13H22N2O3. The summed E-state index contributed by atoms with van der Waals surface area (Å²) < 4.78 is 0. The number of carboxylic acid groups (broad SMARTS) is 1. The zero-order valence-electron chi connectivity index (χ0n) is 10.9. The Morgan fingerprint density at radius 1 is 1.39 bits per heavy atom. The van der Waals surface area contributed by atoms with Crippen molar-refractivity contribution in [3.63, 3.8) is 0 Å². The molecule has 0 spiro atoms. The average molecular weight is 254 g/mol. The number of carbonyl (C=O) groups excluding carboxylic acids is 1. The van der Waals surface area contributed by atoms with Crippen LogP contribution in [0.25, 0.3) is 0 Å². The largest absolute Gasteiger partial charge is 0.481 e. The molecule has 0 aliphatic heterocycles. The highest BCUT2D eigenvalue weighted by atomic mass is 16.4. The van der Waals surface area contributed by atoms with Gasteiger partial charge in [-0.15, -0.1) is 0 Å². The number of urea groups is 1. The van der Waals surface area contributed by atoms with E-state index in [2.05, 4.69) is 17.6 Å². The van der Waals surface area contributed by atoms with Gasteiger partial charge in [-0.05, 0) is 38.0 Å². The molecule has 2 aliphatic rings. The molecule has 0 aromatic carbocycles. The third-order valence-corrected chi connectivity index (χ3v) is 4.08. The van der Waals surface area contributed by atoms with Crippen molar-refractivity contribution >= 4 is 12.0 Å². The molecule has 0 bridgehead atoms. The van der Waals surface area contributed by atoms with E-state index in [1.54, 1.807) is 0 Å². The van der Waals surface area contributed by atoms with Gasteiger partial charge in [0.2, 0.25) is 0 Å². The molecule has 5 nitrogen and oxygen atoms in total. The Morgan fingerprint density at radius 3 is 2.61 bits per heavy atom. The van der Waals surface area contributed by atoms with Gasteiger partial charge in [0.05, 0.1) is 12.0 Å². The molecule has 102 valence electrons. The van der Waals surface area contributed by atoms with Crippen LogP contribution in [0.1, 0.15) is 51.9 Å². The summed E-state index contributed by atoms with van der Waals surface area (Å²) in [5, 5.41) is 14.7. The molecule has 0 radical (unpaired) electrons. The standard InChI is InChI=1S/C13H22N2O3/c1-2-4-9-7-10(9)14-12(18)15-13(5-3-6-13)8-11(16)17/h9-10H,2-8H2,1H3,(H,16,17)(H2,14,15,18). The Hall–Kier alpha value is -1.26. The minimum Gasteiger partial charge on any atom is -0.481 e. The fourth-order valence-corrected chi connectivity index (χ4v) is 2.80. The molecule has 2 fully saturated rings. The molecule has 2 aliphatic carbocycles. The molecule has 0 heterocycles. The second-order valence-corrected chi connectivity index (χ2v) is 5.69. The number of hydrogen-bond acceptors (Lipinski definition) is 2. The molecule has 2 saturated carbocycles. The number of carboxylic acids is 1. The minimum absolute atomic E-state index is 0.0312. The molecule has 18 heavy (non-hydrogen) atoms. The maximum Gasteiger partial charge on any atom is 0.315 e. The van der Waals surface area contributed by atoms with Crippen LogP contribution in [0.5, 0.6) is 0 Å². The van der Waals surface area contributed by atoms with Crippen molar-refractivity contribution in [1.29, 1.82) is 0 Å². The van der Waals surface area contributed by atoms with Crippen LogP contribution in [-0.4, -0.2) is 28.7 Å². The van der Waals surface area contributed by atoms with E-state index in [0.717, 1.165) is 38.5 Å². The molecule has 2 amide bonds. The van der Waals surface area contributed by atoms with Crippen LogP contribution in [0.4, 0.5) is 4.79 Å². The lowest BCUT2D eigenvalue weighted by Gasteiger charge is -2.41. The van der Waals surface area contributed by atoms with Crippen molar-refractivity contribution in [1.82, 2.24) is 10.6 Å². The Morgan fingerprint density at radius 2 is 2.11 bits per heavy atom. The topological polar surface area (TPSA) is 78.4 Å². The van der Waals surface area contributed by atoms with Crippen molar-refractivity contribution in [2.45, 2.75) is 63.5 Å². The van der Waals surface area contributed by atoms with Crippen molar-refractivity contribution in [2.75, 3.05) is 0 Å². The average Bonchev–Trinajstić information content (AvgIpc) is 2.92. The third kappa shape index (κ3) is 3.15. The number of amides is 2. The third-order valence-electron chi connectivity index (χ3n) is 4.08. The lowest BCUT2D eigenvalue weighted by Crippen LogP contribution is -2.57. The summed E-state index contributed by atoms with van der Waals surface area (Å²) in [6, 6.07) is 0.103. The second kappa shape index (κ2) is 5.16. The maximum atomic E-state index is 11.8. The monoisotopic (exact) mass is 254 g/mol. The Balaban J connectivity index is 1.75.